The van der Waals surface area contributed by atoms with E-state index >= 15 is 0 Å². The van der Waals surface area contributed by atoms with Gasteiger partial charge in [0.15, 0.2) is 0 Å². The summed E-state index contributed by atoms with van der Waals surface area (Å²) in [5.74, 6) is -2.57. The lowest BCUT2D eigenvalue weighted by molar-refractivity contribution is -0.190. The molecule has 5 rings (SSSR count). The highest BCUT2D eigenvalue weighted by atomic mass is 35.5. The molecule has 2 aliphatic heterocycles. The maximum absolute atomic E-state index is 13.3. The molecule has 0 bridgehead atoms. The summed E-state index contributed by atoms with van der Waals surface area (Å²) in [5, 5.41) is 5.51. The number of hydrogen-bond donors (Lipinski definition) is 3. The molecule has 2 fully saturated rings. The fourth-order valence-electron chi connectivity index (χ4n) is 6.91. The van der Waals surface area contributed by atoms with Gasteiger partial charge in [-0.05, 0) is 81.6 Å². The maximum Gasteiger partial charge on any atom is 0.471 e. The number of sulfonamides is 1. The second-order valence-corrected chi connectivity index (χ2v) is 17.2. The molecular formula is C35H43Cl2F3N6O8S. The first kappa shape index (κ1) is 42.3. The van der Waals surface area contributed by atoms with Crippen LogP contribution in [0, 0.1) is 0 Å². The highest BCUT2D eigenvalue weighted by Crippen LogP contribution is 2.44. The van der Waals surface area contributed by atoms with Gasteiger partial charge in [-0.1, -0.05) is 23.2 Å². The Kier molecular flexibility index (Phi) is 12.9. The van der Waals surface area contributed by atoms with E-state index in [0.717, 1.165) is 16.0 Å². The van der Waals surface area contributed by atoms with Gasteiger partial charge in [0.2, 0.25) is 21.8 Å². The Morgan fingerprint density at radius 1 is 0.945 bits per heavy atom. The topological polar surface area (TPSA) is 167 Å². The molecule has 14 nitrogen and oxygen atoms in total. The number of alkyl carbamates (subject to hydrolysis) is 1. The summed E-state index contributed by atoms with van der Waals surface area (Å²) in [6.07, 6.45) is -5.65. The van der Waals surface area contributed by atoms with E-state index in [1.165, 1.54) is 29.2 Å². The zero-order valence-corrected chi connectivity index (χ0v) is 32.9. The molecule has 3 N–H and O–H groups in total. The molecule has 20 heteroatoms. The molecule has 3 aliphatic rings. The van der Waals surface area contributed by atoms with Crippen molar-refractivity contribution in [2.45, 2.75) is 81.4 Å². The summed E-state index contributed by atoms with van der Waals surface area (Å²) >= 11 is 12.9. The van der Waals surface area contributed by atoms with Gasteiger partial charge in [0.1, 0.15) is 24.0 Å². The van der Waals surface area contributed by atoms with Gasteiger partial charge in [-0.25, -0.2) is 17.9 Å². The number of likely N-dealkylation sites (tertiary alicyclic amines) is 1. The first-order valence-corrected chi connectivity index (χ1v) is 19.7. The molecule has 4 amide bonds. The van der Waals surface area contributed by atoms with Crippen LogP contribution < -0.4 is 20.1 Å². The Labute approximate surface area is 327 Å². The maximum atomic E-state index is 13.3. The number of nitrogens with zero attached hydrogens (tertiary/aromatic N) is 3. The second kappa shape index (κ2) is 16.7. The first-order valence-electron chi connectivity index (χ1n) is 17.5. The molecule has 4 atom stereocenters. The molecule has 2 heterocycles. The molecule has 0 saturated carbocycles. The van der Waals surface area contributed by atoms with Gasteiger partial charge < -0.3 is 29.9 Å². The normalized spacial score (nSPS) is 21.9. The van der Waals surface area contributed by atoms with Gasteiger partial charge in [-0.2, -0.15) is 13.2 Å². The molecule has 55 heavy (non-hydrogen) atoms. The van der Waals surface area contributed by atoms with E-state index in [2.05, 4.69) is 15.4 Å². The number of hydrogen-bond acceptors (Lipinski definition) is 9. The van der Waals surface area contributed by atoms with Crippen molar-refractivity contribution in [2.75, 3.05) is 45.8 Å². The minimum Gasteiger partial charge on any atom is -0.488 e. The number of carbonyl (C=O) groups is 4. The molecule has 0 unspecified atom stereocenters. The Balaban J connectivity index is 1.17. The summed E-state index contributed by atoms with van der Waals surface area (Å²) < 4.78 is 80.4. The van der Waals surface area contributed by atoms with Gasteiger partial charge in [-0.15, -0.1) is 0 Å². The zero-order chi connectivity index (χ0) is 40.5. The van der Waals surface area contributed by atoms with Crippen molar-refractivity contribution in [3.05, 3.63) is 57.6 Å². The van der Waals surface area contributed by atoms with Gasteiger partial charge in [0, 0.05) is 61.3 Å². The summed E-state index contributed by atoms with van der Waals surface area (Å²) in [4.78, 5) is 52.7. The van der Waals surface area contributed by atoms with E-state index in [0.29, 0.717) is 28.6 Å². The third-order valence-electron chi connectivity index (χ3n) is 9.34. The largest absolute Gasteiger partial charge is 0.488 e. The van der Waals surface area contributed by atoms with Crippen LogP contribution in [0.15, 0.2) is 41.3 Å². The number of ether oxygens (including phenoxy) is 2. The van der Waals surface area contributed by atoms with Crippen molar-refractivity contribution in [1.29, 1.82) is 0 Å². The first-order chi connectivity index (χ1) is 25.6. The van der Waals surface area contributed by atoms with Gasteiger partial charge in [0.05, 0.1) is 17.5 Å². The Morgan fingerprint density at radius 2 is 1.64 bits per heavy atom. The molecule has 1 aliphatic carbocycles. The Bertz CT molecular complexity index is 1900. The van der Waals surface area contributed by atoms with Crippen LogP contribution in [0.3, 0.4) is 0 Å². The lowest BCUT2D eigenvalue weighted by Crippen LogP contribution is -2.58. The summed E-state index contributed by atoms with van der Waals surface area (Å²) in [5.41, 5.74) is 0.793. The van der Waals surface area contributed by atoms with Crippen molar-refractivity contribution in [3.8, 4) is 5.75 Å². The number of fused-ring (bicyclic) bond motifs is 1. The van der Waals surface area contributed by atoms with Crippen molar-refractivity contribution in [3.63, 3.8) is 0 Å². The van der Waals surface area contributed by atoms with E-state index in [1.54, 1.807) is 39.8 Å². The standard InChI is InChI=1S/C35H43Cl2F3N6O8S/c1-20-18-45(11-12-46(20)32(49)35(38,39)40)31-26-13-21(36)14-27(37)25(26)15-28(31)53-23-5-7-24(8-6-23)55(51,52)43-22-9-10-44(19-22)30(48)17-41-29(47)16-42-33(50)54-34(2,3)4/h5-8,13-14,20,22,28,31,43H,9-12,15-19H2,1-4H3,(H,41,47)(H,42,50)/t20-,22+,28+,31+/m1/s1. The van der Waals surface area contributed by atoms with Gasteiger partial charge in [-0.3, -0.25) is 19.3 Å². The second-order valence-electron chi connectivity index (χ2n) is 14.7. The van der Waals surface area contributed by atoms with Gasteiger partial charge >= 0.3 is 18.2 Å². The average molecular weight is 836 g/mol. The summed E-state index contributed by atoms with van der Waals surface area (Å²) in [6, 6.07) is 7.29. The van der Waals surface area contributed by atoms with Crippen LogP contribution >= 0.6 is 23.2 Å². The number of nitrogens with one attached hydrogen (secondary N) is 3. The number of carbonyl (C=O) groups excluding carboxylic acids is 4. The lowest BCUT2D eigenvalue weighted by atomic mass is 10.0. The average Bonchev–Trinajstić information content (AvgIpc) is 3.69. The predicted molar refractivity (Wildman–Crippen MR) is 195 cm³/mol. The molecular weight excluding hydrogens is 792 g/mol. The van der Waals surface area contributed by atoms with Gasteiger partial charge in [0.25, 0.3) is 0 Å². The van der Waals surface area contributed by atoms with E-state index in [4.69, 9.17) is 32.7 Å². The summed E-state index contributed by atoms with van der Waals surface area (Å²) in [6.45, 7) is 6.32. The summed E-state index contributed by atoms with van der Waals surface area (Å²) in [7, 11) is -4.02. The van der Waals surface area contributed by atoms with Crippen molar-refractivity contribution in [2.24, 2.45) is 0 Å². The van der Waals surface area contributed by atoms with E-state index in [-0.39, 0.29) is 50.7 Å². The predicted octanol–water partition coefficient (Wildman–Crippen LogP) is 3.65. The molecule has 0 aromatic heterocycles. The van der Waals surface area contributed by atoms with Crippen molar-refractivity contribution in [1.82, 2.24) is 30.1 Å². The lowest BCUT2D eigenvalue weighted by Gasteiger charge is -2.44. The third-order valence-corrected chi connectivity index (χ3v) is 11.4. The van der Waals surface area contributed by atoms with Crippen LogP contribution in [0.25, 0.3) is 0 Å². The van der Waals surface area contributed by atoms with Crippen LogP contribution in [-0.4, -0.2) is 123 Å². The molecule has 0 radical (unpaired) electrons. The van der Waals surface area contributed by atoms with Crippen molar-refractivity contribution >= 4 is 57.0 Å². The van der Waals surface area contributed by atoms with Crippen molar-refractivity contribution < 1.29 is 50.2 Å². The zero-order valence-electron chi connectivity index (χ0n) is 30.5. The molecule has 2 aromatic rings. The van der Waals surface area contributed by atoms with Crippen LogP contribution in [-0.2, 0) is 35.6 Å². The Hall–Kier alpha value is -3.84. The number of benzene rings is 2. The molecule has 302 valence electrons. The van der Waals surface area contributed by atoms with E-state index in [1.807, 2.05) is 4.90 Å². The van der Waals surface area contributed by atoms with Crippen LogP contribution in [0.1, 0.15) is 51.3 Å². The number of halogens is 5. The number of amides is 4. The molecule has 0 spiro atoms. The van der Waals surface area contributed by atoms with E-state index < -0.39 is 69.8 Å². The van der Waals surface area contributed by atoms with Crippen LogP contribution in [0.2, 0.25) is 10.0 Å². The number of rotatable bonds is 10. The quantitative estimate of drug-likeness (QED) is 0.324. The molecule has 2 saturated heterocycles. The highest BCUT2D eigenvalue weighted by Gasteiger charge is 2.47. The SMILES string of the molecule is C[C@@H]1CN([C@H]2c3cc(Cl)cc(Cl)c3C[C@@H]2Oc2ccc(S(=O)(=O)N[C@H]3CCN(C(=O)CNC(=O)CNC(=O)OC(C)(C)C)C3)cc2)CCN1C(=O)C(F)(F)F. The van der Waals surface area contributed by atoms with E-state index in [9.17, 15) is 40.8 Å². The molecule has 2 aromatic carbocycles. The minimum atomic E-state index is -4.99. The number of piperazine rings is 1. The van der Waals surface area contributed by atoms with Crippen LogP contribution in [0.5, 0.6) is 5.75 Å². The fourth-order valence-corrected chi connectivity index (χ4v) is 8.76. The highest BCUT2D eigenvalue weighted by molar-refractivity contribution is 7.89. The monoisotopic (exact) mass is 834 g/mol. The smallest absolute Gasteiger partial charge is 0.471 e. The minimum absolute atomic E-state index is 0.0465. The Morgan fingerprint density at radius 3 is 2.27 bits per heavy atom. The number of alkyl halides is 3. The fraction of sp³-hybridized carbons (Fsp3) is 0.543. The van der Waals surface area contributed by atoms with Crippen LogP contribution in [0.4, 0.5) is 18.0 Å². The third kappa shape index (κ3) is 10.7.